The zero-order valence-corrected chi connectivity index (χ0v) is 38.7. The Morgan fingerprint density at radius 3 is 1.35 bits per heavy atom. The van der Waals surface area contributed by atoms with E-state index in [2.05, 4.69) is 191 Å². The molecule has 0 fully saturated rings. The van der Waals surface area contributed by atoms with Crippen molar-refractivity contribution in [1.29, 1.82) is 0 Å². The summed E-state index contributed by atoms with van der Waals surface area (Å²) >= 11 is 0. The van der Waals surface area contributed by atoms with Crippen molar-refractivity contribution in [3.63, 3.8) is 0 Å². The van der Waals surface area contributed by atoms with Gasteiger partial charge in [-0.05, 0) is 77.7 Å². The van der Waals surface area contributed by atoms with Gasteiger partial charge in [0.2, 0.25) is 11.9 Å². The molecule has 0 radical (unpaired) electrons. The highest BCUT2D eigenvalue weighted by Crippen LogP contribution is 2.54. The lowest BCUT2D eigenvalue weighted by atomic mass is 9.87. The second kappa shape index (κ2) is 16.9. The second-order valence-electron chi connectivity index (χ2n) is 17.9. The average Bonchev–Trinajstić information content (AvgIpc) is 3.78. The normalized spacial score (nSPS) is 11.9. The summed E-state index contributed by atoms with van der Waals surface area (Å²) in [5, 5.41) is 4.27. The number of pyridine rings is 2. The summed E-state index contributed by atoms with van der Waals surface area (Å²) in [6, 6.07) is 79.9. The van der Waals surface area contributed by atoms with Crippen LogP contribution in [0.4, 0.5) is 17.3 Å². The van der Waals surface area contributed by atoms with Crippen LogP contribution in [0.5, 0.6) is 0 Å². The lowest BCUT2D eigenvalue weighted by molar-refractivity contribution is 0.995. The van der Waals surface area contributed by atoms with Crippen molar-refractivity contribution >= 4 is 49.9 Å². The van der Waals surface area contributed by atoms with Crippen LogP contribution in [0.3, 0.4) is 0 Å². The molecule has 0 N–H and O–H groups in total. The molecule has 8 heteroatoms. The van der Waals surface area contributed by atoms with Crippen LogP contribution < -0.4 is 4.90 Å². The largest absolute Gasteiger partial charge is 0.278 e. The number of anilines is 3. The highest BCUT2D eigenvalue weighted by Gasteiger charge is 2.32. The lowest BCUT2D eigenvalue weighted by Gasteiger charge is -2.33. The van der Waals surface area contributed by atoms with E-state index in [0.29, 0.717) is 11.9 Å². The quantitative estimate of drug-likeness (QED) is 0.150. The van der Waals surface area contributed by atoms with Gasteiger partial charge in [-0.15, -0.1) is 0 Å². The molecule has 1 aliphatic heterocycles. The molecule has 0 bridgehead atoms. The third-order valence-electron chi connectivity index (χ3n) is 13.7. The molecule has 6 heterocycles. The van der Waals surface area contributed by atoms with Crippen molar-refractivity contribution in [3.8, 4) is 84.6 Å². The van der Waals surface area contributed by atoms with E-state index < -0.39 is 0 Å². The van der Waals surface area contributed by atoms with Crippen molar-refractivity contribution in [2.45, 2.75) is 0 Å². The maximum Gasteiger partial charge on any atom is 0.235 e. The monoisotopic (exact) mass is 920 g/mol. The van der Waals surface area contributed by atoms with Crippen molar-refractivity contribution in [2.75, 3.05) is 4.90 Å². The zero-order valence-electron chi connectivity index (χ0n) is 38.7. The topological polar surface area (TPSA) is 85.5 Å². The van der Waals surface area contributed by atoms with Crippen LogP contribution in [-0.4, -0.2) is 34.5 Å². The Hall–Kier alpha value is -9.92. The molecule has 0 unspecified atom stereocenters. The van der Waals surface area contributed by atoms with Gasteiger partial charge in [0.1, 0.15) is 0 Å². The molecule has 0 atom stereocenters. The van der Waals surface area contributed by atoms with E-state index in [-0.39, 0.29) is 0 Å². The summed E-state index contributed by atoms with van der Waals surface area (Å²) in [6.07, 6.45) is 3.70. The Bertz CT molecular complexity index is 4070. The molecule has 0 spiro atoms. The molecule has 8 aromatic carbocycles. The number of hydrogen-bond acceptors (Lipinski definition) is 7. The van der Waals surface area contributed by atoms with E-state index in [1.165, 1.54) is 0 Å². The molecule has 0 amide bonds. The minimum absolute atomic E-state index is 0.547. The van der Waals surface area contributed by atoms with Crippen LogP contribution in [0.25, 0.3) is 117 Å². The van der Waals surface area contributed by atoms with Crippen LogP contribution in [0.1, 0.15) is 0 Å². The second-order valence-corrected chi connectivity index (χ2v) is 17.9. The van der Waals surface area contributed by atoms with Crippen molar-refractivity contribution in [1.82, 2.24) is 34.5 Å². The SMILES string of the molecule is c1ccc(-c2cc(-c3ccccc3)nc(N3c4cc5c(cc4-c4ccc(-c6ccccn6)c6cccc3c46)c3cc(-c4ccccn4)ccc3n5-c3nc(-c4ccccc4)cc(-c4ccccc4)n3)n2)cc1. The fourth-order valence-corrected chi connectivity index (χ4v) is 10.3. The number of aromatic nitrogens is 7. The Labute approximate surface area is 414 Å². The third-order valence-corrected chi connectivity index (χ3v) is 13.7. The summed E-state index contributed by atoms with van der Waals surface area (Å²) in [6.45, 7) is 0. The van der Waals surface area contributed by atoms with Gasteiger partial charge >= 0.3 is 0 Å². The van der Waals surface area contributed by atoms with Gasteiger partial charge in [0.25, 0.3) is 0 Å². The average molecular weight is 921 g/mol. The van der Waals surface area contributed by atoms with Crippen LogP contribution in [0.2, 0.25) is 0 Å². The van der Waals surface area contributed by atoms with Crippen LogP contribution in [0.15, 0.2) is 243 Å². The molecule has 5 aromatic heterocycles. The van der Waals surface area contributed by atoms with Gasteiger partial charge in [0.15, 0.2) is 0 Å². The van der Waals surface area contributed by atoms with E-state index in [1.807, 2.05) is 60.9 Å². The number of hydrogen-bond donors (Lipinski definition) is 0. The van der Waals surface area contributed by atoms with E-state index in [0.717, 1.165) is 123 Å². The van der Waals surface area contributed by atoms with E-state index in [1.54, 1.807) is 0 Å². The minimum atomic E-state index is 0.547. The highest BCUT2D eigenvalue weighted by molar-refractivity contribution is 6.21. The molecule has 72 heavy (non-hydrogen) atoms. The Morgan fingerprint density at radius 2 is 0.792 bits per heavy atom. The van der Waals surface area contributed by atoms with Crippen LogP contribution >= 0.6 is 0 Å². The minimum Gasteiger partial charge on any atom is -0.278 e. The van der Waals surface area contributed by atoms with Gasteiger partial charge < -0.3 is 0 Å². The van der Waals surface area contributed by atoms with Crippen LogP contribution in [0, 0.1) is 0 Å². The fourth-order valence-electron chi connectivity index (χ4n) is 10.3. The van der Waals surface area contributed by atoms with Gasteiger partial charge in [-0.3, -0.25) is 19.4 Å². The van der Waals surface area contributed by atoms with Crippen molar-refractivity contribution in [2.24, 2.45) is 0 Å². The summed E-state index contributed by atoms with van der Waals surface area (Å²) in [4.78, 5) is 33.7. The fraction of sp³-hybridized carbons (Fsp3) is 0. The molecule has 8 nitrogen and oxygen atoms in total. The third kappa shape index (κ3) is 6.92. The lowest BCUT2D eigenvalue weighted by Crippen LogP contribution is -2.18. The highest BCUT2D eigenvalue weighted by atomic mass is 15.3. The predicted molar refractivity (Wildman–Crippen MR) is 291 cm³/mol. The molecule has 14 rings (SSSR count). The van der Waals surface area contributed by atoms with Crippen LogP contribution in [-0.2, 0) is 0 Å². The van der Waals surface area contributed by atoms with E-state index in [4.69, 9.17) is 29.9 Å². The van der Waals surface area contributed by atoms with Crippen molar-refractivity contribution in [3.05, 3.63) is 243 Å². The smallest absolute Gasteiger partial charge is 0.235 e. The summed E-state index contributed by atoms with van der Waals surface area (Å²) < 4.78 is 2.22. The van der Waals surface area contributed by atoms with Crippen molar-refractivity contribution < 1.29 is 0 Å². The molecule has 0 aliphatic carbocycles. The zero-order chi connectivity index (χ0) is 47.5. The Balaban J connectivity index is 1.11. The van der Waals surface area contributed by atoms with Gasteiger partial charge in [0.05, 0.1) is 56.6 Å². The molecule has 0 saturated heterocycles. The standard InChI is InChI=1S/C64H40N8/c1-5-18-41(19-6-1)54-38-55(42-20-7-2-8-21-42)68-63(67-54)71-58-33-30-45(52-27-13-15-34-65-52)36-49(58)51-37-50-48-32-31-46(53-28-14-16-35-66-53)47-26-17-29-59(62(47)48)72(60(50)40-61(51)71)64-69-56(43-22-9-3-10-23-43)39-57(70-64)44-24-11-4-12-25-44/h1-40H. The first-order valence-electron chi connectivity index (χ1n) is 24.0. The molecule has 13 aromatic rings. The summed E-state index contributed by atoms with van der Waals surface area (Å²) in [5.74, 6) is 1.10. The van der Waals surface area contributed by atoms with Gasteiger partial charge in [0, 0.05) is 67.5 Å². The Morgan fingerprint density at radius 1 is 0.278 bits per heavy atom. The molecule has 336 valence electrons. The molecular weight excluding hydrogens is 881 g/mol. The maximum atomic E-state index is 5.50. The number of fused-ring (bicyclic) bond motifs is 5. The summed E-state index contributed by atoms with van der Waals surface area (Å²) in [5.41, 5.74) is 17.0. The van der Waals surface area contributed by atoms with Gasteiger partial charge in [-0.25, -0.2) is 19.9 Å². The summed E-state index contributed by atoms with van der Waals surface area (Å²) in [7, 11) is 0. The Kier molecular flexibility index (Phi) is 9.67. The van der Waals surface area contributed by atoms with E-state index in [9.17, 15) is 0 Å². The number of nitrogens with zero attached hydrogens (tertiary/aromatic N) is 8. The number of rotatable bonds is 8. The van der Waals surface area contributed by atoms with E-state index >= 15 is 0 Å². The molecule has 0 saturated carbocycles. The first-order valence-corrected chi connectivity index (χ1v) is 24.0. The molecule has 1 aliphatic rings. The van der Waals surface area contributed by atoms with Gasteiger partial charge in [-0.1, -0.05) is 164 Å². The van der Waals surface area contributed by atoms with Gasteiger partial charge in [-0.2, -0.15) is 0 Å². The predicted octanol–water partition coefficient (Wildman–Crippen LogP) is 15.8. The first-order chi connectivity index (χ1) is 35.7. The maximum absolute atomic E-state index is 5.50. The number of benzene rings is 8. The molecular formula is C64H40N8. The first kappa shape index (κ1) is 41.1.